The summed E-state index contributed by atoms with van der Waals surface area (Å²) >= 11 is 6.31. The standard InChI is InChI=1S/C17H20ClNO3/c1-2-11-7-16-14(9-15(11)18)12(8-17(21)22-16)10-19-5-3-13(20)4-6-19/h7-9,13,20H,2-6,10H2,1H3. The van der Waals surface area contributed by atoms with Crippen LogP contribution in [0, 0.1) is 0 Å². The third-order valence-corrected chi connectivity index (χ3v) is 4.68. The number of aliphatic hydroxyl groups is 1. The van der Waals surface area contributed by atoms with Gasteiger partial charge in [-0.25, -0.2) is 4.79 Å². The summed E-state index contributed by atoms with van der Waals surface area (Å²) in [5, 5.41) is 11.2. The highest BCUT2D eigenvalue weighted by Crippen LogP contribution is 2.27. The van der Waals surface area contributed by atoms with Gasteiger partial charge in [0.1, 0.15) is 5.58 Å². The summed E-state index contributed by atoms with van der Waals surface area (Å²) in [6, 6.07) is 5.31. The smallest absolute Gasteiger partial charge is 0.336 e. The van der Waals surface area contributed by atoms with E-state index in [0.29, 0.717) is 17.2 Å². The minimum atomic E-state index is -0.330. The topological polar surface area (TPSA) is 53.7 Å². The largest absolute Gasteiger partial charge is 0.423 e. The predicted octanol–water partition coefficient (Wildman–Crippen LogP) is 2.97. The summed E-state index contributed by atoms with van der Waals surface area (Å²) in [7, 11) is 0. The number of aryl methyl sites for hydroxylation is 1. The van der Waals surface area contributed by atoms with Gasteiger partial charge in [-0.05, 0) is 42.5 Å². The molecular weight excluding hydrogens is 302 g/mol. The van der Waals surface area contributed by atoms with Crippen molar-refractivity contribution in [2.75, 3.05) is 13.1 Å². The Balaban J connectivity index is 1.98. The zero-order valence-corrected chi connectivity index (χ0v) is 13.4. The number of piperidine rings is 1. The summed E-state index contributed by atoms with van der Waals surface area (Å²) in [5.74, 6) is 0. The lowest BCUT2D eigenvalue weighted by Gasteiger charge is -2.29. The van der Waals surface area contributed by atoms with E-state index < -0.39 is 0 Å². The number of aliphatic hydroxyl groups excluding tert-OH is 1. The molecule has 0 bridgehead atoms. The lowest BCUT2D eigenvalue weighted by Crippen LogP contribution is -2.35. The van der Waals surface area contributed by atoms with E-state index in [1.165, 1.54) is 0 Å². The summed E-state index contributed by atoms with van der Waals surface area (Å²) in [6.45, 7) is 4.37. The molecule has 0 amide bonds. The first-order valence-corrected chi connectivity index (χ1v) is 8.10. The Labute approximate surface area is 134 Å². The van der Waals surface area contributed by atoms with Crippen molar-refractivity contribution in [3.8, 4) is 0 Å². The van der Waals surface area contributed by atoms with Gasteiger partial charge < -0.3 is 9.52 Å². The number of nitrogens with zero attached hydrogens (tertiary/aromatic N) is 1. The molecule has 0 saturated carbocycles. The van der Waals surface area contributed by atoms with Gasteiger partial charge in [-0.3, -0.25) is 4.90 Å². The second-order valence-corrected chi connectivity index (χ2v) is 6.30. The first-order chi connectivity index (χ1) is 10.6. The molecule has 1 aliphatic heterocycles. The van der Waals surface area contributed by atoms with Crippen molar-refractivity contribution in [2.24, 2.45) is 0 Å². The van der Waals surface area contributed by atoms with Gasteiger partial charge in [0.05, 0.1) is 6.10 Å². The SMILES string of the molecule is CCc1cc2oc(=O)cc(CN3CCC(O)CC3)c2cc1Cl. The molecule has 1 aliphatic rings. The van der Waals surface area contributed by atoms with Crippen LogP contribution in [0.25, 0.3) is 11.0 Å². The summed E-state index contributed by atoms with van der Waals surface area (Å²) in [5.41, 5.74) is 2.19. The van der Waals surface area contributed by atoms with Crippen LogP contribution in [0.1, 0.15) is 30.9 Å². The second-order valence-electron chi connectivity index (χ2n) is 5.89. The van der Waals surface area contributed by atoms with Gasteiger partial charge >= 0.3 is 5.63 Å². The molecule has 118 valence electrons. The Morgan fingerprint density at radius 3 is 2.68 bits per heavy atom. The van der Waals surface area contributed by atoms with Crippen LogP contribution in [-0.4, -0.2) is 29.2 Å². The molecular formula is C17H20ClNO3. The number of hydrogen-bond donors (Lipinski definition) is 1. The van der Waals surface area contributed by atoms with Crippen LogP contribution in [0.5, 0.6) is 0 Å². The molecule has 0 radical (unpaired) electrons. The van der Waals surface area contributed by atoms with Crippen LogP contribution in [0.4, 0.5) is 0 Å². The maximum Gasteiger partial charge on any atom is 0.336 e. The third-order valence-electron chi connectivity index (χ3n) is 4.33. The van der Waals surface area contributed by atoms with E-state index in [9.17, 15) is 9.90 Å². The molecule has 2 aromatic rings. The molecule has 0 aliphatic carbocycles. The van der Waals surface area contributed by atoms with E-state index in [1.54, 1.807) is 6.07 Å². The number of benzene rings is 1. The van der Waals surface area contributed by atoms with Crippen LogP contribution >= 0.6 is 11.6 Å². The van der Waals surface area contributed by atoms with Crippen molar-refractivity contribution in [3.05, 3.63) is 44.8 Å². The van der Waals surface area contributed by atoms with Gasteiger partial charge in [0.15, 0.2) is 0 Å². The van der Waals surface area contributed by atoms with E-state index in [0.717, 1.165) is 48.9 Å². The first kappa shape index (κ1) is 15.5. The maximum absolute atomic E-state index is 11.8. The fourth-order valence-electron chi connectivity index (χ4n) is 3.01. The van der Waals surface area contributed by atoms with Crippen molar-refractivity contribution in [3.63, 3.8) is 0 Å². The van der Waals surface area contributed by atoms with Crippen molar-refractivity contribution >= 4 is 22.6 Å². The van der Waals surface area contributed by atoms with Crippen molar-refractivity contribution < 1.29 is 9.52 Å². The van der Waals surface area contributed by atoms with Gasteiger partial charge in [0, 0.05) is 36.1 Å². The van der Waals surface area contributed by atoms with Crippen LogP contribution < -0.4 is 5.63 Å². The number of rotatable bonds is 3. The molecule has 22 heavy (non-hydrogen) atoms. The highest BCUT2D eigenvalue weighted by atomic mass is 35.5. The molecule has 1 N–H and O–H groups in total. The van der Waals surface area contributed by atoms with E-state index in [4.69, 9.17) is 16.0 Å². The Hall–Kier alpha value is -1.36. The monoisotopic (exact) mass is 321 g/mol. The molecule has 4 nitrogen and oxygen atoms in total. The minimum absolute atomic E-state index is 0.199. The van der Waals surface area contributed by atoms with Crippen LogP contribution in [0.15, 0.2) is 27.4 Å². The molecule has 5 heteroatoms. The Bertz CT molecular complexity index is 732. The number of hydrogen-bond acceptors (Lipinski definition) is 4. The van der Waals surface area contributed by atoms with Gasteiger partial charge in [0.2, 0.25) is 0 Å². The molecule has 0 atom stereocenters. The summed E-state index contributed by atoms with van der Waals surface area (Å²) in [6.07, 6.45) is 2.16. The molecule has 2 heterocycles. The minimum Gasteiger partial charge on any atom is -0.423 e. The molecule has 1 aromatic heterocycles. The Morgan fingerprint density at radius 1 is 1.27 bits per heavy atom. The molecule has 0 spiro atoms. The summed E-state index contributed by atoms with van der Waals surface area (Å²) < 4.78 is 5.33. The van der Waals surface area contributed by atoms with Crippen molar-refractivity contribution in [2.45, 2.75) is 38.8 Å². The molecule has 0 unspecified atom stereocenters. The van der Waals surface area contributed by atoms with Gasteiger partial charge in [0.25, 0.3) is 0 Å². The third kappa shape index (κ3) is 3.19. The Kier molecular flexibility index (Phi) is 4.52. The van der Waals surface area contributed by atoms with Crippen molar-refractivity contribution in [1.29, 1.82) is 0 Å². The fraction of sp³-hybridized carbons (Fsp3) is 0.471. The van der Waals surface area contributed by atoms with E-state index in [-0.39, 0.29) is 11.7 Å². The highest BCUT2D eigenvalue weighted by Gasteiger charge is 2.18. The van der Waals surface area contributed by atoms with Gasteiger partial charge in [-0.1, -0.05) is 18.5 Å². The molecule has 3 rings (SSSR count). The fourth-order valence-corrected chi connectivity index (χ4v) is 3.31. The van der Waals surface area contributed by atoms with Crippen LogP contribution in [0.2, 0.25) is 5.02 Å². The van der Waals surface area contributed by atoms with E-state index >= 15 is 0 Å². The number of fused-ring (bicyclic) bond motifs is 1. The van der Waals surface area contributed by atoms with Crippen LogP contribution in [-0.2, 0) is 13.0 Å². The lowest BCUT2D eigenvalue weighted by molar-refractivity contribution is 0.0794. The maximum atomic E-state index is 11.8. The predicted molar refractivity (Wildman–Crippen MR) is 87.4 cm³/mol. The lowest BCUT2D eigenvalue weighted by atomic mass is 10.0. The van der Waals surface area contributed by atoms with Crippen LogP contribution in [0.3, 0.4) is 0 Å². The van der Waals surface area contributed by atoms with E-state index in [1.807, 2.05) is 19.1 Å². The number of likely N-dealkylation sites (tertiary alicyclic amines) is 1. The normalized spacial score (nSPS) is 17.2. The second kappa shape index (κ2) is 6.41. The van der Waals surface area contributed by atoms with Gasteiger partial charge in [-0.15, -0.1) is 0 Å². The summed E-state index contributed by atoms with van der Waals surface area (Å²) in [4.78, 5) is 14.1. The molecule has 1 saturated heterocycles. The van der Waals surface area contributed by atoms with E-state index in [2.05, 4.69) is 4.90 Å². The zero-order chi connectivity index (χ0) is 15.7. The average molecular weight is 322 g/mol. The Morgan fingerprint density at radius 2 is 2.00 bits per heavy atom. The van der Waals surface area contributed by atoms with Crippen molar-refractivity contribution in [1.82, 2.24) is 4.90 Å². The quantitative estimate of drug-likeness (QED) is 0.883. The molecule has 1 aromatic carbocycles. The molecule has 1 fully saturated rings. The number of halogens is 1. The van der Waals surface area contributed by atoms with Gasteiger partial charge in [-0.2, -0.15) is 0 Å². The highest BCUT2D eigenvalue weighted by molar-refractivity contribution is 6.32. The first-order valence-electron chi connectivity index (χ1n) is 7.72. The zero-order valence-electron chi connectivity index (χ0n) is 12.6. The average Bonchev–Trinajstić information content (AvgIpc) is 2.49.